The maximum absolute atomic E-state index is 12.5. The Balaban J connectivity index is 2.20. The topological polar surface area (TPSA) is 12.0 Å². The number of alkyl halides is 4. The van der Waals surface area contributed by atoms with Crippen molar-refractivity contribution in [2.75, 3.05) is 13.1 Å². The summed E-state index contributed by atoms with van der Waals surface area (Å²) < 4.78 is 50.1. The largest absolute Gasteiger partial charge is 0.316 e. The molecule has 2 rings (SSSR count). The van der Waals surface area contributed by atoms with E-state index in [1.54, 1.807) is 0 Å². The minimum atomic E-state index is -2.90. The minimum Gasteiger partial charge on any atom is -0.316 e. The van der Waals surface area contributed by atoms with Crippen LogP contribution in [0.3, 0.4) is 0 Å². The van der Waals surface area contributed by atoms with E-state index in [0.717, 1.165) is 0 Å². The van der Waals surface area contributed by atoms with Crippen molar-refractivity contribution in [2.45, 2.75) is 25.7 Å². The van der Waals surface area contributed by atoms with Gasteiger partial charge in [0.05, 0.1) is 5.41 Å². The smallest absolute Gasteiger partial charge is 0.250 e. The summed E-state index contributed by atoms with van der Waals surface area (Å²) in [4.78, 5) is 0. The van der Waals surface area contributed by atoms with Crippen LogP contribution in [0, 0.1) is 10.8 Å². The van der Waals surface area contributed by atoms with Crippen molar-refractivity contribution in [3.8, 4) is 0 Å². The fraction of sp³-hybridized carbons (Fsp3) is 1.00. The third-order valence-corrected chi connectivity index (χ3v) is 3.52. The molecule has 1 N–H and O–H groups in total. The summed E-state index contributed by atoms with van der Waals surface area (Å²) in [5.41, 5.74) is -2.81. The average molecular weight is 197 g/mol. The van der Waals surface area contributed by atoms with Gasteiger partial charge < -0.3 is 5.32 Å². The van der Waals surface area contributed by atoms with Crippen molar-refractivity contribution in [3.05, 3.63) is 0 Å². The van der Waals surface area contributed by atoms with Crippen LogP contribution in [0.25, 0.3) is 0 Å². The number of nitrogens with one attached hydrogen (secondary N) is 1. The second kappa shape index (κ2) is 2.59. The lowest BCUT2D eigenvalue weighted by Crippen LogP contribution is -2.30. The third-order valence-electron chi connectivity index (χ3n) is 3.52. The van der Waals surface area contributed by atoms with E-state index in [2.05, 4.69) is 5.32 Å². The van der Waals surface area contributed by atoms with Crippen LogP contribution >= 0.6 is 0 Å². The Labute approximate surface area is 73.5 Å². The molecule has 13 heavy (non-hydrogen) atoms. The molecule has 1 heterocycles. The average Bonchev–Trinajstić information content (AvgIpc) is 2.43. The van der Waals surface area contributed by atoms with Gasteiger partial charge in [0.25, 0.3) is 0 Å². The van der Waals surface area contributed by atoms with Crippen molar-refractivity contribution in [1.29, 1.82) is 0 Å². The molecule has 1 spiro atoms. The molecule has 0 aromatic heterocycles. The van der Waals surface area contributed by atoms with Gasteiger partial charge >= 0.3 is 0 Å². The second-order valence-electron chi connectivity index (χ2n) is 4.03. The van der Waals surface area contributed by atoms with E-state index in [4.69, 9.17) is 0 Å². The van der Waals surface area contributed by atoms with E-state index < -0.39 is 23.7 Å². The summed E-state index contributed by atoms with van der Waals surface area (Å²) in [6, 6.07) is 0. The van der Waals surface area contributed by atoms with Gasteiger partial charge in [-0.3, -0.25) is 0 Å². The highest BCUT2D eigenvalue weighted by Gasteiger charge is 2.77. The first-order valence-electron chi connectivity index (χ1n) is 4.32. The fourth-order valence-electron chi connectivity index (χ4n) is 2.52. The van der Waals surface area contributed by atoms with Crippen molar-refractivity contribution in [1.82, 2.24) is 5.32 Å². The van der Waals surface area contributed by atoms with Gasteiger partial charge in [-0.2, -0.15) is 0 Å². The predicted molar refractivity (Wildman–Crippen MR) is 39.0 cm³/mol. The Hall–Kier alpha value is -0.320. The van der Waals surface area contributed by atoms with Gasteiger partial charge in [0.2, 0.25) is 12.9 Å². The first kappa shape index (κ1) is 9.24. The maximum Gasteiger partial charge on any atom is 0.250 e. The number of hydrogen-bond acceptors (Lipinski definition) is 1. The van der Waals surface area contributed by atoms with E-state index in [-0.39, 0.29) is 6.42 Å². The zero-order valence-electron chi connectivity index (χ0n) is 6.99. The molecule has 0 radical (unpaired) electrons. The lowest BCUT2D eigenvalue weighted by Gasteiger charge is -2.19. The molecule has 1 aliphatic carbocycles. The molecular weight excluding hydrogens is 186 g/mol. The molecule has 0 bridgehead atoms. The summed E-state index contributed by atoms with van der Waals surface area (Å²) in [5.74, 6) is 0. The van der Waals surface area contributed by atoms with Crippen molar-refractivity contribution in [2.24, 2.45) is 10.8 Å². The molecule has 0 aromatic rings. The molecular formula is C8H11F4N. The highest BCUT2D eigenvalue weighted by Crippen LogP contribution is 2.72. The summed E-state index contributed by atoms with van der Waals surface area (Å²) >= 11 is 0. The summed E-state index contributed by atoms with van der Waals surface area (Å²) in [6.45, 7) is 0.906. The molecule has 2 fully saturated rings. The van der Waals surface area contributed by atoms with Crippen LogP contribution in [-0.2, 0) is 0 Å². The molecule has 76 valence electrons. The van der Waals surface area contributed by atoms with E-state index in [1.165, 1.54) is 0 Å². The van der Waals surface area contributed by atoms with E-state index >= 15 is 0 Å². The molecule has 1 aliphatic heterocycles. The van der Waals surface area contributed by atoms with Crippen molar-refractivity contribution < 1.29 is 17.6 Å². The first-order valence-corrected chi connectivity index (χ1v) is 4.32. The van der Waals surface area contributed by atoms with Crippen LogP contribution in [-0.4, -0.2) is 25.9 Å². The summed E-state index contributed by atoms with van der Waals surface area (Å²) in [5, 5.41) is 2.87. The van der Waals surface area contributed by atoms with E-state index in [0.29, 0.717) is 19.5 Å². The zero-order chi connectivity index (χ0) is 9.69. The van der Waals surface area contributed by atoms with Crippen LogP contribution in [0.15, 0.2) is 0 Å². The first-order chi connectivity index (χ1) is 6.05. The van der Waals surface area contributed by atoms with Gasteiger partial charge in [0.1, 0.15) is 0 Å². The molecule has 1 saturated carbocycles. The Morgan fingerprint density at radius 1 is 1.08 bits per heavy atom. The van der Waals surface area contributed by atoms with Gasteiger partial charge in [-0.15, -0.1) is 0 Å². The van der Waals surface area contributed by atoms with E-state index in [1.807, 2.05) is 0 Å². The van der Waals surface area contributed by atoms with Gasteiger partial charge in [0, 0.05) is 12.0 Å². The molecule has 0 aromatic carbocycles. The highest BCUT2D eigenvalue weighted by atomic mass is 19.3. The quantitative estimate of drug-likeness (QED) is 0.666. The van der Waals surface area contributed by atoms with Gasteiger partial charge in [0.15, 0.2) is 0 Å². The zero-order valence-corrected chi connectivity index (χ0v) is 6.99. The lowest BCUT2D eigenvalue weighted by atomic mass is 9.92. The van der Waals surface area contributed by atoms with Gasteiger partial charge in [-0.05, 0) is 19.4 Å². The Bertz CT molecular complexity index is 202. The molecule has 0 amide bonds. The van der Waals surface area contributed by atoms with Crippen LogP contribution in [0.2, 0.25) is 0 Å². The highest BCUT2D eigenvalue weighted by molar-refractivity contribution is 5.20. The molecule has 1 nitrogen and oxygen atoms in total. The number of halogens is 4. The van der Waals surface area contributed by atoms with Crippen LogP contribution in [0.4, 0.5) is 17.6 Å². The number of hydrogen-bond donors (Lipinski definition) is 1. The fourth-order valence-corrected chi connectivity index (χ4v) is 2.52. The Morgan fingerprint density at radius 3 is 2.00 bits per heavy atom. The van der Waals surface area contributed by atoms with Crippen molar-refractivity contribution in [3.63, 3.8) is 0 Å². The summed E-state index contributed by atoms with van der Waals surface area (Å²) in [7, 11) is 0. The normalized spacial score (nSPS) is 36.5. The third kappa shape index (κ3) is 0.965. The molecule has 1 unspecified atom stereocenters. The predicted octanol–water partition coefficient (Wildman–Crippen LogP) is 1.89. The molecule has 5 heteroatoms. The van der Waals surface area contributed by atoms with E-state index in [9.17, 15) is 17.6 Å². The van der Waals surface area contributed by atoms with Gasteiger partial charge in [-0.1, -0.05) is 0 Å². The van der Waals surface area contributed by atoms with Crippen LogP contribution in [0.1, 0.15) is 12.8 Å². The van der Waals surface area contributed by atoms with Crippen LogP contribution < -0.4 is 5.32 Å². The molecule has 1 atom stereocenters. The van der Waals surface area contributed by atoms with Crippen molar-refractivity contribution >= 4 is 0 Å². The minimum absolute atomic E-state index is 0.0255. The lowest BCUT2D eigenvalue weighted by molar-refractivity contribution is -0.0664. The molecule has 1 saturated heterocycles. The Kier molecular flexibility index (Phi) is 1.84. The van der Waals surface area contributed by atoms with Crippen LogP contribution in [0.5, 0.6) is 0 Å². The second-order valence-corrected chi connectivity index (χ2v) is 4.03. The maximum atomic E-state index is 12.5. The molecule has 2 aliphatic rings. The van der Waals surface area contributed by atoms with Gasteiger partial charge in [-0.25, -0.2) is 17.6 Å². The standard InChI is InChI=1S/C8H11F4N/c9-5(10)8(6(11)12)3-7(8)1-2-13-4-7/h5-6,13H,1-4H2. The monoisotopic (exact) mass is 197 g/mol. The summed E-state index contributed by atoms with van der Waals surface area (Å²) in [6.07, 6.45) is -5.36. The SMILES string of the molecule is FC(F)C1(C(F)F)CC12CCNC2. The Morgan fingerprint density at radius 2 is 1.69 bits per heavy atom. The number of rotatable bonds is 2.